The quantitative estimate of drug-likeness (QED) is 0.483. The minimum Gasteiger partial charge on any atom is -0.343 e. The van der Waals surface area contributed by atoms with Crippen molar-refractivity contribution >= 4 is 23.2 Å². The molecule has 0 aliphatic rings. The van der Waals surface area contributed by atoms with Gasteiger partial charge in [0.2, 0.25) is 5.91 Å². The van der Waals surface area contributed by atoms with E-state index in [1.54, 1.807) is 29.4 Å². The lowest BCUT2D eigenvalue weighted by Gasteiger charge is -2.22. The van der Waals surface area contributed by atoms with Gasteiger partial charge in [0.1, 0.15) is 0 Å². The molecule has 33 heavy (non-hydrogen) atoms. The van der Waals surface area contributed by atoms with Crippen LogP contribution in [0.4, 0.5) is 5.69 Å². The fourth-order valence-corrected chi connectivity index (χ4v) is 3.81. The van der Waals surface area contributed by atoms with Crippen molar-refractivity contribution in [3.8, 4) is 0 Å². The first kappa shape index (κ1) is 23.9. The summed E-state index contributed by atoms with van der Waals surface area (Å²) in [6.45, 7) is 6.26. The fraction of sp³-hybridized carbons (Fsp3) is 0.259. The number of aromatic nitrogens is 1. The molecule has 0 aliphatic heterocycles. The number of nitrogens with one attached hydrogen (secondary N) is 2. The lowest BCUT2D eigenvalue weighted by Crippen LogP contribution is -2.40. The lowest BCUT2D eigenvalue weighted by molar-refractivity contribution is -0.117. The Bertz CT molecular complexity index is 1120. The van der Waals surface area contributed by atoms with Crippen molar-refractivity contribution in [3.05, 3.63) is 94.8 Å². The van der Waals surface area contributed by atoms with Crippen LogP contribution in [0.5, 0.6) is 0 Å². The molecule has 0 saturated carbocycles. The van der Waals surface area contributed by atoms with Crippen molar-refractivity contribution in [2.75, 3.05) is 18.0 Å². The molecular formula is C27H30N4O2. The highest BCUT2D eigenvalue weighted by Crippen LogP contribution is 2.18. The van der Waals surface area contributed by atoms with Crippen molar-refractivity contribution < 1.29 is 9.59 Å². The van der Waals surface area contributed by atoms with Crippen molar-refractivity contribution in [1.29, 1.82) is 5.41 Å². The van der Waals surface area contributed by atoms with Gasteiger partial charge in [-0.05, 0) is 61.2 Å². The molecule has 3 rings (SSSR count). The number of aryl methyl sites for hydroxylation is 2. The molecule has 2 amide bonds. The van der Waals surface area contributed by atoms with E-state index in [9.17, 15) is 9.59 Å². The van der Waals surface area contributed by atoms with Crippen molar-refractivity contribution in [1.82, 2.24) is 10.3 Å². The van der Waals surface area contributed by atoms with E-state index in [0.29, 0.717) is 29.8 Å². The van der Waals surface area contributed by atoms with Gasteiger partial charge in [-0.1, -0.05) is 37.3 Å². The number of carbonyl (C=O) groups is 2. The largest absolute Gasteiger partial charge is 0.343 e. The number of hydrogen-bond acceptors (Lipinski definition) is 4. The Kier molecular flexibility index (Phi) is 8.08. The van der Waals surface area contributed by atoms with E-state index in [4.69, 9.17) is 5.41 Å². The van der Waals surface area contributed by atoms with Crippen LogP contribution in [-0.2, 0) is 17.6 Å². The molecular weight excluding hydrogens is 412 g/mol. The highest BCUT2D eigenvalue weighted by atomic mass is 16.2. The van der Waals surface area contributed by atoms with Crippen molar-refractivity contribution in [2.45, 2.75) is 33.6 Å². The van der Waals surface area contributed by atoms with Crippen molar-refractivity contribution in [2.24, 2.45) is 0 Å². The van der Waals surface area contributed by atoms with E-state index >= 15 is 0 Å². The lowest BCUT2D eigenvalue weighted by atomic mass is 9.94. The molecule has 0 bridgehead atoms. The summed E-state index contributed by atoms with van der Waals surface area (Å²) in [4.78, 5) is 31.6. The molecule has 0 radical (unpaired) electrons. The van der Waals surface area contributed by atoms with Gasteiger partial charge in [0.15, 0.2) is 0 Å². The third kappa shape index (κ3) is 5.92. The first-order valence-corrected chi connectivity index (χ1v) is 11.2. The van der Waals surface area contributed by atoms with Gasteiger partial charge in [-0.25, -0.2) is 0 Å². The first-order valence-electron chi connectivity index (χ1n) is 11.2. The fourth-order valence-electron chi connectivity index (χ4n) is 3.81. The molecule has 0 unspecified atom stereocenters. The van der Waals surface area contributed by atoms with Gasteiger partial charge in [0.25, 0.3) is 5.91 Å². The van der Waals surface area contributed by atoms with Crippen LogP contribution in [0.25, 0.3) is 0 Å². The van der Waals surface area contributed by atoms with Gasteiger partial charge in [-0.2, -0.15) is 0 Å². The second-order valence-corrected chi connectivity index (χ2v) is 7.85. The van der Waals surface area contributed by atoms with Gasteiger partial charge < -0.3 is 15.6 Å². The summed E-state index contributed by atoms with van der Waals surface area (Å²) in [6, 6.07) is 17.0. The number of anilines is 1. The zero-order valence-electron chi connectivity index (χ0n) is 19.4. The average Bonchev–Trinajstić information content (AvgIpc) is 2.83. The predicted molar refractivity (Wildman–Crippen MR) is 132 cm³/mol. The Labute approximate surface area is 195 Å². The summed E-state index contributed by atoms with van der Waals surface area (Å²) in [5.41, 5.74) is 5.08. The zero-order chi connectivity index (χ0) is 23.8. The van der Waals surface area contributed by atoms with Gasteiger partial charge in [-0.15, -0.1) is 0 Å². The number of pyridine rings is 1. The molecule has 0 aliphatic carbocycles. The summed E-state index contributed by atoms with van der Waals surface area (Å²) >= 11 is 0. The van der Waals surface area contributed by atoms with E-state index in [1.807, 2.05) is 56.3 Å². The van der Waals surface area contributed by atoms with Crippen LogP contribution in [0.3, 0.4) is 0 Å². The molecule has 1 heterocycles. The second kappa shape index (κ2) is 11.2. The Morgan fingerprint density at radius 1 is 1.00 bits per heavy atom. The molecule has 0 saturated heterocycles. The molecule has 3 aromatic rings. The summed E-state index contributed by atoms with van der Waals surface area (Å²) < 4.78 is 0. The predicted octanol–water partition coefficient (Wildman–Crippen LogP) is 4.35. The summed E-state index contributed by atoms with van der Waals surface area (Å²) in [5.74, 6) is -0.551. The van der Waals surface area contributed by atoms with Crippen LogP contribution in [0.1, 0.15) is 46.5 Å². The Hall–Kier alpha value is -3.80. The standard InChI is InChI=1S/C27H30N4O2/c1-4-20-11-13-22(14-12-20)31(5-2)25(32)18-30-27(33)23-10-6-8-19(3)26(23)24(28)16-21-9-7-15-29-17-21/h6-15,17,28H,4-5,16,18H2,1-3H3,(H,30,33). The number of carbonyl (C=O) groups excluding carboxylic acids is 2. The number of rotatable bonds is 9. The third-order valence-corrected chi connectivity index (χ3v) is 5.60. The van der Waals surface area contributed by atoms with Crippen molar-refractivity contribution in [3.63, 3.8) is 0 Å². The third-order valence-electron chi connectivity index (χ3n) is 5.60. The maximum atomic E-state index is 13.0. The van der Waals surface area contributed by atoms with Crippen LogP contribution in [0.2, 0.25) is 0 Å². The van der Waals surface area contributed by atoms with Gasteiger partial charge >= 0.3 is 0 Å². The summed E-state index contributed by atoms with van der Waals surface area (Å²) in [6.07, 6.45) is 4.71. The molecule has 0 fully saturated rings. The number of nitrogens with zero attached hydrogens (tertiary/aromatic N) is 2. The maximum absolute atomic E-state index is 13.0. The highest BCUT2D eigenvalue weighted by molar-refractivity contribution is 6.11. The molecule has 6 nitrogen and oxygen atoms in total. The Morgan fingerprint density at radius 3 is 2.39 bits per heavy atom. The molecule has 6 heteroatoms. The SMILES string of the molecule is CCc1ccc(N(CC)C(=O)CNC(=O)c2cccc(C)c2C(=N)Cc2cccnc2)cc1. The van der Waals surface area contributed by atoms with Crippen LogP contribution in [0, 0.1) is 12.3 Å². The first-order chi connectivity index (χ1) is 15.9. The van der Waals surface area contributed by atoms with Gasteiger partial charge in [0.05, 0.1) is 6.54 Å². The highest BCUT2D eigenvalue weighted by Gasteiger charge is 2.20. The smallest absolute Gasteiger partial charge is 0.252 e. The van der Waals surface area contributed by atoms with Crippen LogP contribution < -0.4 is 10.2 Å². The topological polar surface area (TPSA) is 86.2 Å². The van der Waals surface area contributed by atoms with E-state index < -0.39 is 0 Å². The van der Waals surface area contributed by atoms with E-state index in [0.717, 1.165) is 23.2 Å². The molecule has 2 aromatic carbocycles. The average molecular weight is 443 g/mol. The molecule has 2 N–H and O–H groups in total. The summed E-state index contributed by atoms with van der Waals surface area (Å²) in [5, 5.41) is 11.4. The number of likely N-dealkylation sites (N-methyl/N-ethyl adjacent to an activating group) is 1. The number of benzene rings is 2. The van der Waals surface area contributed by atoms with E-state index in [-0.39, 0.29) is 18.4 Å². The maximum Gasteiger partial charge on any atom is 0.252 e. The van der Waals surface area contributed by atoms with E-state index in [1.165, 1.54) is 5.56 Å². The van der Waals surface area contributed by atoms with Gasteiger partial charge in [-0.3, -0.25) is 14.6 Å². The number of amides is 2. The molecule has 0 spiro atoms. The monoisotopic (exact) mass is 442 g/mol. The second-order valence-electron chi connectivity index (χ2n) is 7.85. The Balaban J connectivity index is 1.72. The van der Waals surface area contributed by atoms with Gasteiger partial charge in [0, 0.05) is 47.9 Å². The minimum absolute atomic E-state index is 0.120. The molecule has 170 valence electrons. The summed E-state index contributed by atoms with van der Waals surface area (Å²) in [7, 11) is 0. The number of hydrogen-bond donors (Lipinski definition) is 2. The zero-order valence-corrected chi connectivity index (χ0v) is 19.4. The molecule has 0 atom stereocenters. The van der Waals surface area contributed by atoms with Crippen LogP contribution >= 0.6 is 0 Å². The Morgan fingerprint density at radius 2 is 1.76 bits per heavy atom. The normalized spacial score (nSPS) is 10.5. The van der Waals surface area contributed by atoms with Crippen LogP contribution in [0.15, 0.2) is 67.0 Å². The molecule has 1 aromatic heterocycles. The van der Waals surface area contributed by atoms with E-state index in [2.05, 4.69) is 17.2 Å². The van der Waals surface area contributed by atoms with Crippen LogP contribution in [-0.4, -0.2) is 35.6 Å². The minimum atomic E-state index is -0.365.